The lowest BCUT2D eigenvalue weighted by molar-refractivity contribution is 0.212. The first kappa shape index (κ1) is 16.2. The lowest BCUT2D eigenvalue weighted by Crippen LogP contribution is -2.33. The van der Waals surface area contributed by atoms with Crippen molar-refractivity contribution in [1.82, 2.24) is 14.5 Å². The average Bonchev–Trinajstić information content (AvgIpc) is 3.01. The van der Waals surface area contributed by atoms with Gasteiger partial charge in [-0.1, -0.05) is 6.07 Å². The zero-order valence-electron chi connectivity index (χ0n) is 13.6. The Morgan fingerprint density at radius 3 is 2.83 bits per heavy atom. The van der Waals surface area contributed by atoms with Gasteiger partial charge < -0.3 is 4.57 Å². The Morgan fingerprint density at radius 2 is 2.13 bits per heavy atom. The van der Waals surface area contributed by atoms with Crippen molar-refractivity contribution in [3.05, 3.63) is 48.0 Å². The Morgan fingerprint density at radius 1 is 1.30 bits per heavy atom. The zero-order chi connectivity index (χ0) is 16.4. The number of rotatable bonds is 3. The van der Waals surface area contributed by atoms with E-state index in [-0.39, 0.29) is 5.75 Å². The molecule has 1 aromatic carbocycles. The molecule has 0 spiro atoms. The van der Waals surface area contributed by atoms with Crippen molar-refractivity contribution in [2.24, 2.45) is 0 Å². The van der Waals surface area contributed by atoms with Crippen LogP contribution in [0.3, 0.4) is 0 Å². The summed E-state index contributed by atoms with van der Waals surface area (Å²) in [4.78, 5) is 6.36. The highest BCUT2D eigenvalue weighted by Crippen LogP contribution is 2.20. The van der Waals surface area contributed by atoms with Crippen LogP contribution in [0.25, 0.3) is 5.69 Å². The minimum atomic E-state index is -2.88. The van der Waals surface area contributed by atoms with Crippen LogP contribution < -0.4 is 0 Å². The van der Waals surface area contributed by atoms with Crippen molar-refractivity contribution in [2.45, 2.75) is 32.9 Å². The number of aryl methyl sites for hydroxylation is 1. The number of hydrogen-bond acceptors (Lipinski definition) is 4. The second-order valence-electron chi connectivity index (χ2n) is 6.34. The molecule has 0 bridgehead atoms. The third kappa shape index (κ3) is 3.82. The van der Waals surface area contributed by atoms with E-state index >= 15 is 0 Å². The van der Waals surface area contributed by atoms with Gasteiger partial charge in [-0.2, -0.15) is 0 Å². The van der Waals surface area contributed by atoms with E-state index in [0.29, 0.717) is 24.8 Å². The fraction of sp³-hybridized carbons (Fsp3) is 0.471. The van der Waals surface area contributed by atoms with Gasteiger partial charge in [0.1, 0.15) is 0 Å². The normalized spacial score (nSPS) is 21.9. The van der Waals surface area contributed by atoms with Crippen LogP contribution in [0.4, 0.5) is 0 Å². The molecule has 6 heteroatoms. The predicted octanol–water partition coefficient (Wildman–Crippen LogP) is 2.19. The smallest absolute Gasteiger partial charge is 0.151 e. The van der Waals surface area contributed by atoms with Crippen LogP contribution >= 0.6 is 0 Å². The molecule has 124 valence electrons. The Hall–Kier alpha value is -1.66. The molecule has 5 nitrogen and oxygen atoms in total. The van der Waals surface area contributed by atoms with Crippen LogP contribution in [-0.2, 0) is 16.4 Å². The average molecular weight is 333 g/mol. The summed E-state index contributed by atoms with van der Waals surface area (Å²) >= 11 is 0. The maximum atomic E-state index is 11.8. The Balaban J connectivity index is 1.77. The SMILES string of the molecule is Cc1cc(-n2ccnc2)ccc1CN1CCS(=O)(=O)CCC1C. The van der Waals surface area contributed by atoms with Crippen LogP contribution in [0.5, 0.6) is 0 Å². The van der Waals surface area contributed by atoms with Crippen molar-refractivity contribution in [2.75, 3.05) is 18.1 Å². The molecule has 1 atom stereocenters. The summed E-state index contributed by atoms with van der Waals surface area (Å²) in [6.07, 6.45) is 6.20. The van der Waals surface area contributed by atoms with E-state index in [4.69, 9.17) is 0 Å². The van der Waals surface area contributed by atoms with Crippen molar-refractivity contribution < 1.29 is 8.42 Å². The lowest BCUT2D eigenvalue weighted by atomic mass is 10.1. The molecule has 0 aliphatic carbocycles. The van der Waals surface area contributed by atoms with Crippen LogP contribution in [0.2, 0.25) is 0 Å². The van der Waals surface area contributed by atoms with Crippen molar-refractivity contribution in [3.8, 4) is 5.69 Å². The van der Waals surface area contributed by atoms with Gasteiger partial charge in [0.2, 0.25) is 0 Å². The maximum Gasteiger partial charge on any atom is 0.151 e. The Labute approximate surface area is 137 Å². The molecule has 0 radical (unpaired) electrons. The summed E-state index contributed by atoms with van der Waals surface area (Å²) in [5, 5.41) is 0. The number of hydrogen-bond donors (Lipinski definition) is 0. The number of benzene rings is 1. The van der Waals surface area contributed by atoms with Gasteiger partial charge in [0.15, 0.2) is 9.84 Å². The molecule has 2 aromatic rings. The van der Waals surface area contributed by atoms with Gasteiger partial charge in [-0.25, -0.2) is 13.4 Å². The first-order valence-corrected chi connectivity index (χ1v) is 9.79. The van der Waals surface area contributed by atoms with Gasteiger partial charge in [0.25, 0.3) is 0 Å². The molecular formula is C17H23N3O2S. The molecule has 1 aliphatic rings. The lowest BCUT2D eigenvalue weighted by Gasteiger charge is -2.27. The summed E-state index contributed by atoms with van der Waals surface area (Å²) in [6, 6.07) is 6.66. The number of sulfone groups is 1. The first-order valence-electron chi connectivity index (χ1n) is 7.97. The highest BCUT2D eigenvalue weighted by atomic mass is 32.2. The third-order valence-corrected chi connectivity index (χ3v) is 6.32. The van der Waals surface area contributed by atoms with E-state index in [0.717, 1.165) is 12.2 Å². The van der Waals surface area contributed by atoms with Gasteiger partial charge >= 0.3 is 0 Å². The molecule has 3 rings (SSSR count). The van der Waals surface area contributed by atoms with E-state index in [1.807, 2.05) is 10.8 Å². The fourth-order valence-corrected chi connectivity index (χ4v) is 4.41. The second kappa shape index (κ2) is 6.45. The molecule has 2 heterocycles. The summed E-state index contributed by atoms with van der Waals surface area (Å²) in [6.45, 7) is 5.64. The largest absolute Gasteiger partial charge is 0.306 e. The third-order valence-electron chi connectivity index (χ3n) is 4.66. The van der Waals surface area contributed by atoms with E-state index in [1.165, 1.54) is 11.1 Å². The van der Waals surface area contributed by atoms with Gasteiger partial charge in [-0.3, -0.25) is 4.90 Å². The molecule has 0 saturated carbocycles. The molecule has 23 heavy (non-hydrogen) atoms. The van der Waals surface area contributed by atoms with Crippen molar-refractivity contribution >= 4 is 9.84 Å². The molecule has 0 amide bonds. The summed E-state index contributed by atoms with van der Waals surface area (Å²) < 4.78 is 25.6. The van der Waals surface area contributed by atoms with Crippen LogP contribution in [0.1, 0.15) is 24.5 Å². The minimum Gasteiger partial charge on any atom is -0.306 e. The highest BCUT2D eigenvalue weighted by Gasteiger charge is 2.24. The predicted molar refractivity (Wildman–Crippen MR) is 91.4 cm³/mol. The summed E-state index contributed by atoms with van der Waals surface area (Å²) in [5.41, 5.74) is 3.56. The van der Waals surface area contributed by atoms with E-state index < -0.39 is 9.84 Å². The summed E-state index contributed by atoms with van der Waals surface area (Å²) in [7, 11) is -2.88. The topological polar surface area (TPSA) is 55.2 Å². The van der Waals surface area contributed by atoms with Gasteiger partial charge in [0, 0.05) is 37.2 Å². The highest BCUT2D eigenvalue weighted by molar-refractivity contribution is 7.91. The van der Waals surface area contributed by atoms with Crippen LogP contribution in [0, 0.1) is 6.92 Å². The molecule has 1 saturated heterocycles. The molecule has 1 fully saturated rings. The number of nitrogens with zero attached hydrogens (tertiary/aromatic N) is 3. The second-order valence-corrected chi connectivity index (χ2v) is 8.64. The first-order chi connectivity index (χ1) is 10.9. The molecule has 0 N–H and O–H groups in total. The van der Waals surface area contributed by atoms with E-state index in [1.54, 1.807) is 12.5 Å². The zero-order valence-corrected chi connectivity index (χ0v) is 14.5. The molecule has 1 unspecified atom stereocenters. The van der Waals surface area contributed by atoms with Crippen molar-refractivity contribution in [3.63, 3.8) is 0 Å². The van der Waals surface area contributed by atoms with Crippen molar-refractivity contribution in [1.29, 1.82) is 0 Å². The monoisotopic (exact) mass is 333 g/mol. The Bertz CT molecular complexity index is 769. The Kier molecular flexibility index (Phi) is 4.55. The number of aromatic nitrogens is 2. The maximum absolute atomic E-state index is 11.8. The van der Waals surface area contributed by atoms with Gasteiger partial charge in [-0.05, 0) is 43.5 Å². The van der Waals surface area contributed by atoms with E-state index in [2.05, 4.69) is 41.9 Å². The van der Waals surface area contributed by atoms with Crippen LogP contribution in [-0.4, -0.2) is 47.0 Å². The molecule has 1 aliphatic heterocycles. The van der Waals surface area contributed by atoms with Crippen LogP contribution in [0.15, 0.2) is 36.9 Å². The number of imidazole rings is 1. The fourth-order valence-electron chi connectivity index (χ4n) is 3.00. The standard InChI is InChI=1S/C17H23N3O2S/c1-14-11-17(20-7-6-18-13-20)4-3-16(14)12-19-8-10-23(21,22)9-5-15(19)2/h3-4,6-7,11,13,15H,5,8-10,12H2,1-2H3. The quantitative estimate of drug-likeness (QED) is 0.864. The molecular weight excluding hydrogens is 310 g/mol. The van der Waals surface area contributed by atoms with Gasteiger partial charge in [-0.15, -0.1) is 0 Å². The van der Waals surface area contributed by atoms with E-state index in [9.17, 15) is 8.42 Å². The minimum absolute atomic E-state index is 0.267. The van der Waals surface area contributed by atoms with Gasteiger partial charge in [0.05, 0.1) is 17.8 Å². The summed E-state index contributed by atoms with van der Waals surface area (Å²) in [5.74, 6) is 0.576. The molecule has 1 aromatic heterocycles.